The first-order chi connectivity index (χ1) is 7.95. The van der Waals surface area contributed by atoms with Gasteiger partial charge in [0.15, 0.2) is 0 Å². The van der Waals surface area contributed by atoms with Crippen molar-refractivity contribution in [2.24, 2.45) is 5.73 Å². The third kappa shape index (κ3) is 3.78. The van der Waals surface area contributed by atoms with Gasteiger partial charge in [0, 0.05) is 5.69 Å². The third-order valence-corrected chi connectivity index (χ3v) is 3.07. The Morgan fingerprint density at radius 1 is 1.59 bits per heavy atom. The van der Waals surface area contributed by atoms with Gasteiger partial charge in [-0.25, -0.2) is 4.39 Å². The van der Waals surface area contributed by atoms with E-state index >= 15 is 0 Å². The molecule has 1 aromatic carbocycles. The molecule has 1 atom stereocenters. The average molecular weight is 303 g/mol. The number of anilines is 1. The summed E-state index contributed by atoms with van der Waals surface area (Å²) in [6.07, 6.45) is 1.45. The number of nitrogens with two attached hydrogens (primary N) is 1. The van der Waals surface area contributed by atoms with E-state index in [-0.39, 0.29) is 5.91 Å². The molecule has 5 heteroatoms. The topological polar surface area (TPSA) is 55.1 Å². The summed E-state index contributed by atoms with van der Waals surface area (Å²) in [6, 6.07) is 2.36. The lowest BCUT2D eigenvalue weighted by molar-refractivity contribution is -0.117. The Kier molecular flexibility index (Phi) is 5.08. The summed E-state index contributed by atoms with van der Waals surface area (Å²) in [5, 5.41) is 2.64. The summed E-state index contributed by atoms with van der Waals surface area (Å²) in [5.41, 5.74) is 6.93. The van der Waals surface area contributed by atoms with E-state index in [1.54, 1.807) is 13.0 Å². The van der Waals surface area contributed by atoms with Crippen molar-refractivity contribution < 1.29 is 9.18 Å². The van der Waals surface area contributed by atoms with Crippen molar-refractivity contribution in [1.29, 1.82) is 0 Å². The molecule has 3 N–H and O–H groups in total. The molecule has 0 spiro atoms. The van der Waals surface area contributed by atoms with Crippen LogP contribution in [0, 0.1) is 12.7 Å². The zero-order chi connectivity index (χ0) is 13.0. The lowest BCUT2D eigenvalue weighted by Gasteiger charge is -2.13. The summed E-state index contributed by atoms with van der Waals surface area (Å²) in [6.45, 7) is 3.75. The molecule has 1 rings (SSSR count). The van der Waals surface area contributed by atoms with Crippen molar-refractivity contribution in [2.45, 2.75) is 32.7 Å². The van der Waals surface area contributed by atoms with Crippen LogP contribution >= 0.6 is 15.9 Å². The smallest absolute Gasteiger partial charge is 0.241 e. The number of carbonyl (C=O) groups is 1. The van der Waals surface area contributed by atoms with Gasteiger partial charge in [-0.2, -0.15) is 0 Å². The van der Waals surface area contributed by atoms with Crippen molar-refractivity contribution in [2.75, 3.05) is 5.32 Å². The standard InChI is InChI=1S/C12H16BrFN2O/c1-3-4-10(15)12(17)16-11-6-9(14)8(13)5-7(11)2/h5-6,10H,3-4,15H2,1-2H3,(H,16,17)/t10-/m1/s1. The molecule has 0 unspecified atom stereocenters. The zero-order valence-electron chi connectivity index (χ0n) is 9.89. The van der Waals surface area contributed by atoms with Crippen LogP contribution in [0.1, 0.15) is 25.3 Å². The van der Waals surface area contributed by atoms with Crippen LogP contribution in [0.5, 0.6) is 0 Å². The second-order valence-electron chi connectivity index (χ2n) is 3.97. The van der Waals surface area contributed by atoms with Crippen LogP contribution in [-0.4, -0.2) is 11.9 Å². The fourth-order valence-corrected chi connectivity index (χ4v) is 1.91. The first-order valence-electron chi connectivity index (χ1n) is 5.47. The Bertz CT molecular complexity index is 423. The van der Waals surface area contributed by atoms with Gasteiger partial charge in [0.25, 0.3) is 0 Å². The first-order valence-corrected chi connectivity index (χ1v) is 6.27. The van der Waals surface area contributed by atoms with Crippen LogP contribution in [0.4, 0.5) is 10.1 Å². The van der Waals surface area contributed by atoms with Gasteiger partial charge in [0.05, 0.1) is 10.5 Å². The lowest BCUT2D eigenvalue weighted by Crippen LogP contribution is -2.35. The highest BCUT2D eigenvalue weighted by Crippen LogP contribution is 2.24. The van der Waals surface area contributed by atoms with Crippen molar-refractivity contribution in [3.05, 3.63) is 28.0 Å². The molecule has 0 saturated carbocycles. The quantitative estimate of drug-likeness (QED) is 0.898. The summed E-state index contributed by atoms with van der Waals surface area (Å²) in [5.74, 6) is -0.688. The number of halogens is 2. The Labute approximate surface area is 109 Å². The molecule has 0 aliphatic rings. The van der Waals surface area contributed by atoms with Gasteiger partial charge < -0.3 is 11.1 Å². The van der Waals surface area contributed by atoms with Crippen LogP contribution in [0.15, 0.2) is 16.6 Å². The second kappa shape index (κ2) is 6.12. The lowest BCUT2D eigenvalue weighted by atomic mass is 10.1. The summed E-state index contributed by atoms with van der Waals surface area (Å²) in [4.78, 5) is 11.7. The van der Waals surface area contributed by atoms with E-state index in [1.165, 1.54) is 6.07 Å². The minimum atomic E-state index is -0.550. The maximum atomic E-state index is 13.3. The predicted molar refractivity (Wildman–Crippen MR) is 70.4 cm³/mol. The normalized spacial score (nSPS) is 12.3. The SMILES string of the molecule is CCC[C@@H](N)C(=O)Nc1cc(F)c(Br)cc1C. The molecule has 1 aromatic rings. The van der Waals surface area contributed by atoms with E-state index in [9.17, 15) is 9.18 Å². The Morgan fingerprint density at radius 2 is 2.24 bits per heavy atom. The number of hydrogen-bond acceptors (Lipinski definition) is 2. The first kappa shape index (κ1) is 14.1. The van der Waals surface area contributed by atoms with Crippen LogP contribution in [-0.2, 0) is 4.79 Å². The number of rotatable bonds is 4. The summed E-state index contributed by atoms with van der Waals surface area (Å²) in [7, 11) is 0. The van der Waals surface area contributed by atoms with Crippen molar-refractivity contribution >= 4 is 27.5 Å². The fourth-order valence-electron chi connectivity index (χ4n) is 1.45. The number of carbonyl (C=O) groups excluding carboxylic acids is 1. The zero-order valence-corrected chi connectivity index (χ0v) is 11.5. The molecule has 1 amide bonds. The molecule has 0 aromatic heterocycles. The molecule has 17 heavy (non-hydrogen) atoms. The van der Waals surface area contributed by atoms with Gasteiger partial charge in [-0.05, 0) is 47.0 Å². The molecular formula is C12H16BrFN2O. The molecule has 0 bridgehead atoms. The summed E-state index contributed by atoms with van der Waals surface area (Å²) < 4.78 is 13.7. The van der Waals surface area contributed by atoms with Crippen molar-refractivity contribution in [3.8, 4) is 0 Å². The molecule has 94 valence electrons. The minimum Gasteiger partial charge on any atom is -0.324 e. The Balaban J connectivity index is 2.81. The highest BCUT2D eigenvalue weighted by atomic mass is 79.9. The second-order valence-corrected chi connectivity index (χ2v) is 4.82. The highest BCUT2D eigenvalue weighted by Gasteiger charge is 2.14. The predicted octanol–water partition coefficient (Wildman–Crippen LogP) is 2.96. The maximum absolute atomic E-state index is 13.3. The molecule has 0 radical (unpaired) electrons. The van der Waals surface area contributed by atoms with Gasteiger partial charge in [-0.1, -0.05) is 13.3 Å². The monoisotopic (exact) mass is 302 g/mol. The largest absolute Gasteiger partial charge is 0.324 e. The van der Waals surface area contributed by atoms with Crippen LogP contribution in [0.25, 0.3) is 0 Å². The number of amides is 1. The van der Waals surface area contributed by atoms with Gasteiger partial charge >= 0.3 is 0 Å². The molecule has 0 heterocycles. The van der Waals surface area contributed by atoms with E-state index in [0.717, 1.165) is 12.0 Å². The van der Waals surface area contributed by atoms with Crippen molar-refractivity contribution in [1.82, 2.24) is 0 Å². The molecule has 3 nitrogen and oxygen atoms in total. The fraction of sp³-hybridized carbons (Fsp3) is 0.417. The number of benzene rings is 1. The molecule has 0 saturated heterocycles. The van der Waals surface area contributed by atoms with Crippen LogP contribution < -0.4 is 11.1 Å². The highest BCUT2D eigenvalue weighted by molar-refractivity contribution is 9.10. The number of aryl methyl sites for hydroxylation is 1. The number of hydrogen-bond donors (Lipinski definition) is 2. The van der Waals surface area contributed by atoms with Gasteiger partial charge in [0.1, 0.15) is 5.82 Å². The van der Waals surface area contributed by atoms with Gasteiger partial charge in [-0.3, -0.25) is 4.79 Å². The summed E-state index contributed by atoms with van der Waals surface area (Å²) >= 11 is 3.09. The van der Waals surface area contributed by atoms with Gasteiger partial charge in [0.2, 0.25) is 5.91 Å². The van der Waals surface area contributed by atoms with Crippen LogP contribution in [0.2, 0.25) is 0 Å². The average Bonchev–Trinajstić information content (AvgIpc) is 2.26. The third-order valence-electron chi connectivity index (χ3n) is 2.46. The minimum absolute atomic E-state index is 0.281. The molecular weight excluding hydrogens is 287 g/mol. The molecule has 0 aliphatic heterocycles. The molecule has 0 fully saturated rings. The van der Waals surface area contributed by atoms with E-state index in [1.807, 2.05) is 6.92 Å². The number of nitrogens with one attached hydrogen (secondary N) is 1. The van der Waals surface area contributed by atoms with E-state index < -0.39 is 11.9 Å². The van der Waals surface area contributed by atoms with E-state index in [0.29, 0.717) is 16.6 Å². The van der Waals surface area contributed by atoms with E-state index in [2.05, 4.69) is 21.2 Å². The molecule has 0 aliphatic carbocycles. The van der Waals surface area contributed by atoms with Crippen molar-refractivity contribution in [3.63, 3.8) is 0 Å². The Hall–Kier alpha value is -0.940. The Morgan fingerprint density at radius 3 is 2.82 bits per heavy atom. The maximum Gasteiger partial charge on any atom is 0.241 e. The van der Waals surface area contributed by atoms with Crippen LogP contribution in [0.3, 0.4) is 0 Å². The van der Waals surface area contributed by atoms with E-state index in [4.69, 9.17) is 5.73 Å². The van der Waals surface area contributed by atoms with Gasteiger partial charge in [-0.15, -0.1) is 0 Å².